The number of benzene rings is 1. The van der Waals surface area contributed by atoms with Crippen LogP contribution in [-0.2, 0) is 16.4 Å². The Morgan fingerprint density at radius 2 is 2.00 bits per heavy atom. The highest BCUT2D eigenvalue weighted by atomic mass is 35.5. The number of sulfonamides is 1. The largest absolute Gasteiger partial charge is 0.326 e. The van der Waals surface area contributed by atoms with Crippen molar-refractivity contribution in [2.45, 2.75) is 23.8 Å². The maximum atomic E-state index is 12.3. The number of hydrogen-bond donors (Lipinski definition) is 1. The van der Waals surface area contributed by atoms with Crippen molar-refractivity contribution in [2.75, 3.05) is 13.1 Å². The fourth-order valence-corrected chi connectivity index (χ4v) is 3.50. The van der Waals surface area contributed by atoms with Gasteiger partial charge in [0, 0.05) is 19.1 Å². The number of hydrogen-bond acceptors (Lipinski definition) is 4. The zero-order valence-electron chi connectivity index (χ0n) is 10.3. The van der Waals surface area contributed by atoms with E-state index in [0.29, 0.717) is 19.5 Å². The summed E-state index contributed by atoms with van der Waals surface area (Å²) in [7, 11) is -3.43. The molecule has 0 radical (unpaired) electrons. The molecule has 1 fully saturated rings. The lowest BCUT2D eigenvalue weighted by atomic mass is 10.2. The van der Waals surface area contributed by atoms with Gasteiger partial charge in [-0.15, -0.1) is 12.4 Å². The van der Waals surface area contributed by atoms with E-state index in [1.54, 1.807) is 24.3 Å². The molecule has 1 saturated heterocycles. The molecule has 1 aromatic rings. The van der Waals surface area contributed by atoms with Crippen LogP contribution in [0.1, 0.15) is 12.0 Å². The molecular weight excluding hydrogens is 286 g/mol. The van der Waals surface area contributed by atoms with E-state index >= 15 is 0 Å². The van der Waals surface area contributed by atoms with Crippen molar-refractivity contribution < 1.29 is 8.42 Å². The maximum Gasteiger partial charge on any atom is 0.243 e. The van der Waals surface area contributed by atoms with Crippen LogP contribution < -0.4 is 5.73 Å². The zero-order valence-corrected chi connectivity index (χ0v) is 12.0. The van der Waals surface area contributed by atoms with Gasteiger partial charge in [-0.3, -0.25) is 0 Å². The predicted molar refractivity (Wildman–Crippen MR) is 74.4 cm³/mol. The van der Waals surface area contributed by atoms with Gasteiger partial charge in [0.25, 0.3) is 0 Å². The summed E-state index contributed by atoms with van der Waals surface area (Å²) in [6, 6.07) is 8.40. The molecule has 0 amide bonds. The van der Waals surface area contributed by atoms with Crippen LogP contribution in [0.15, 0.2) is 29.2 Å². The molecule has 104 valence electrons. The summed E-state index contributed by atoms with van der Waals surface area (Å²) in [5.74, 6) is 0. The van der Waals surface area contributed by atoms with E-state index in [1.807, 2.05) is 6.07 Å². The molecule has 0 saturated carbocycles. The van der Waals surface area contributed by atoms with Crippen LogP contribution in [0, 0.1) is 11.3 Å². The Bertz CT molecular complexity index is 566. The van der Waals surface area contributed by atoms with Crippen LogP contribution in [0.25, 0.3) is 0 Å². The van der Waals surface area contributed by atoms with E-state index in [-0.39, 0.29) is 29.8 Å². The van der Waals surface area contributed by atoms with E-state index in [1.165, 1.54) is 4.31 Å². The van der Waals surface area contributed by atoms with Gasteiger partial charge in [0.05, 0.1) is 17.4 Å². The first-order chi connectivity index (χ1) is 8.54. The van der Waals surface area contributed by atoms with Crippen LogP contribution in [0.2, 0.25) is 0 Å². The van der Waals surface area contributed by atoms with Crippen LogP contribution in [0.5, 0.6) is 0 Å². The Morgan fingerprint density at radius 3 is 2.47 bits per heavy atom. The van der Waals surface area contributed by atoms with Crippen molar-refractivity contribution in [3.05, 3.63) is 29.8 Å². The maximum absolute atomic E-state index is 12.3. The van der Waals surface area contributed by atoms with Gasteiger partial charge in [0.1, 0.15) is 0 Å². The van der Waals surface area contributed by atoms with Gasteiger partial charge >= 0.3 is 0 Å². The summed E-state index contributed by atoms with van der Waals surface area (Å²) < 4.78 is 25.9. The van der Waals surface area contributed by atoms with Crippen molar-refractivity contribution in [1.82, 2.24) is 4.31 Å². The first-order valence-corrected chi connectivity index (χ1v) is 7.19. The molecule has 2 N–H and O–H groups in total. The second kappa shape index (κ2) is 6.35. The van der Waals surface area contributed by atoms with E-state index in [2.05, 4.69) is 0 Å². The quantitative estimate of drug-likeness (QED) is 0.898. The third-order valence-corrected chi connectivity index (χ3v) is 4.91. The molecule has 1 aromatic carbocycles. The number of nitriles is 1. The summed E-state index contributed by atoms with van der Waals surface area (Å²) in [6.07, 6.45) is 0.987. The lowest BCUT2D eigenvalue weighted by Gasteiger charge is -2.15. The molecule has 0 aromatic heterocycles. The van der Waals surface area contributed by atoms with Crippen LogP contribution in [-0.4, -0.2) is 31.9 Å². The normalized spacial score (nSPS) is 19.7. The molecule has 0 spiro atoms. The number of halogens is 1. The Balaban J connectivity index is 0.00000180. The van der Waals surface area contributed by atoms with Gasteiger partial charge in [-0.05, 0) is 24.1 Å². The molecule has 1 atom stereocenters. The van der Waals surface area contributed by atoms with Gasteiger partial charge < -0.3 is 5.73 Å². The summed E-state index contributed by atoms with van der Waals surface area (Å²) in [6.45, 7) is 0.853. The molecule has 0 unspecified atom stereocenters. The Kier molecular flexibility index (Phi) is 5.32. The first-order valence-electron chi connectivity index (χ1n) is 5.75. The molecule has 2 rings (SSSR count). The molecule has 1 aliphatic rings. The van der Waals surface area contributed by atoms with Gasteiger partial charge in [0.15, 0.2) is 0 Å². The number of rotatable bonds is 3. The molecule has 1 aliphatic heterocycles. The molecular formula is C12H16ClN3O2S. The van der Waals surface area contributed by atoms with Gasteiger partial charge in [-0.25, -0.2) is 8.42 Å². The fourth-order valence-electron chi connectivity index (χ4n) is 1.99. The fraction of sp³-hybridized carbons (Fsp3) is 0.417. The second-order valence-corrected chi connectivity index (χ2v) is 6.33. The van der Waals surface area contributed by atoms with Crippen molar-refractivity contribution >= 4 is 22.4 Å². The SMILES string of the molecule is Cl.N#CCc1ccc(S(=O)(=O)N2CC[C@H](N)C2)cc1. The van der Waals surface area contributed by atoms with Crippen LogP contribution in [0.4, 0.5) is 0 Å². The van der Waals surface area contributed by atoms with Crippen molar-refractivity contribution in [3.8, 4) is 6.07 Å². The standard InChI is InChI=1S/C12H15N3O2S.ClH/c13-7-5-10-1-3-12(4-2-10)18(16,17)15-8-6-11(14)9-15;/h1-4,11H,5-6,8-9,14H2;1H/t11-;/m0./s1. The number of nitrogens with two attached hydrogens (primary N) is 1. The van der Waals surface area contributed by atoms with Crippen LogP contribution in [0.3, 0.4) is 0 Å². The third kappa shape index (κ3) is 3.45. The second-order valence-electron chi connectivity index (χ2n) is 4.39. The Hall–Kier alpha value is -1.13. The molecule has 7 heteroatoms. The summed E-state index contributed by atoms with van der Waals surface area (Å²) >= 11 is 0. The summed E-state index contributed by atoms with van der Waals surface area (Å²) in [4.78, 5) is 0.262. The van der Waals surface area contributed by atoms with Gasteiger partial charge in [-0.1, -0.05) is 12.1 Å². The van der Waals surface area contributed by atoms with E-state index in [9.17, 15) is 8.42 Å². The van der Waals surface area contributed by atoms with Gasteiger partial charge in [-0.2, -0.15) is 9.57 Å². The average molecular weight is 302 g/mol. The van der Waals surface area contributed by atoms with Crippen molar-refractivity contribution in [1.29, 1.82) is 5.26 Å². The Labute approximate surface area is 119 Å². The van der Waals surface area contributed by atoms with Crippen LogP contribution >= 0.6 is 12.4 Å². The lowest BCUT2D eigenvalue weighted by molar-refractivity contribution is 0.472. The molecule has 1 heterocycles. The first kappa shape index (κ1) is 15.9. The smallest absolute Gasteiger partial charge is 0.243 e. The van der Waals surface area contributed by atoms with Crippen molar-refractivity contribution in [3.63, 3.8) is 0 Å². The zero-order chi connectivity index (χ0) is 13.2. The molecule has 0 aliphatic carbocycles. The topological polar surface area (TPSA) is 87.2 Å². The summed E-state index contributed by atoms with van der Waals surface area (Å²) in [5, 5.41) is 8.56. The highest BCUT2D eigenvalue weighted by Crippen LogP contribution is 2.20. The summed E-state index contributed by atoms with van der Waals surface area (Å²) in [5.41, 5.74) is 6.54. The third-order valence-electron chi connectivity index (χ3n) is 3.03. The van der Waals surface area contributed by atoms with E-state index < -0.39 is 10.0 Å². The minimum absolute atomic E-state index is 0. The molecule has 19 heavy (non-hydrogen) atoms. The monoisotopic (exact) mass is 301 g/mol. The van der Waals surface area contributed by atoms with Gasteiger partial charge in [0.2, 0.25) is 10.0 Å². The predicted octanol–water partition coefficient (Wildman–Crippen LogP) is 0.896. The highest BCUT2D eigenvalue weighted by Gasteiger charge is 2.30. The highest BCUT2D eigenvalue weighted by molar-refractivity contribution is 7.89. The van der Waals surface area contributed by atoms with E-state index in [4.69, 9.17) is 11.0 Å². The van der Waals surface area contributed by atoms with Crippen molar-refractivity contribution in [2.24, 2.45) is 5.73 Å². The minimum Gasteiger partial charge on any atom is -0.326 e. The lowest BCUT2D eigenvalue weighted by Crippen LogP contribution is -2.31. The minimum atomic E-state index is -3.43. The number of nitrogens with zero attached hydrogens (tertiary/aromatic N) is 2. The molecule has 5 nitrogen and oxygen atoms in total. The molecule has 0 bridgehead atoms. The van der Waals surface area contributed by atoms with E-state index in [0.717, 1.165) is 5.56 Å². The average Bonchev–Trinajstić information content (AvgIpc) is 2.78. The Morgan fingerprint density at radius 1 is 1.37 bits per heavy atom.